The number of nitrogens with one attached hydrogen (secondary N) is 2. The van der Waals surface area contributed by atoms with Crippen LogP contribution < -0.4 is 24.8 Å². The van der Waals surface area contributed by atoms with E-state index in [1.165, 1.54) is 0 Å². The second-order valence-electron chi connectivity index (χ2n) is 6.15. The number of methoxy groups -OCH3 is 1. The molecule has 2 N–H and O–H groups in total. The van der Waals surface area contributed by atoms with Gasteiger partial charge in [0.25, 0.3) is 5.91 Å². The van der Waals surface area contributed by atoms with E-state index in [-0.39, 0.29) is 11.0 Å². The van der Waals surface area contributed by atoms with Crippen LogP contribution in [0.2, 0.25) is 0 Å². The average Bonchev–Trinajstić information content (AvgIpc) is 2.78. The molecule has 0 bridgehead atoms. The SMILES string of the molecule is COc1ccccc1NC(=S)NC(=O)c1cccc(OCCOc2ccccc2)c1. The summed E-state index contributed by atoms with van der Waals surface area (Å²) in [4.78, 5) is 12.5. The maximum atomic E-state index is 12.5. The highest BCUT2D eigenvalue weighted by Gasteiger charge is 2.10. The molecular formula is C23H22N2O4S. The van der Waals surface area contributed by atoms with Gasteiger partial charge in [-0.1, -0.05) is 36.4 Å². The first-order valence-corrected chi connectivity index (χ1v) is 9.72. The van der Waals surface area contributed by atoms with Crippen molar-refractivity contribution in [2.24, 2.45) is 0 Å². The van der Waals surface area contributed by atoms with E-state index in [0.29, 0.717) is 36.0 Å². The van der Waals surface area contributed by atoms with Gasteiger partial charge in [-0.15, -0.1) is 0 Å². The van der Waals surface area contributed by atoms with Gasteiger partial charge in [0.15, 0.2) is 5.11 Å². The van der Waals surface area contributed by atoms with Gasteiger partial charge in [0.05, 0.1) is 12.8 Å². The monoisotopic (exact) mass is 422 g/mol. The molecule has 0 atom stereocenters. The summed E-state index contributed by atoms with van der Waals surface area (Å²) >= 11 is 5.24. The standard InChI is InChI=1S/C23H22N2O4S/c1-27-21-13-6-5-12-20(21)24-23(30)25-22(26)17-8-7-11-19(16-17)29-15-14-28-18-9-3-2-4-10-18/h2-13,16H,14-15H2,1H3,(H2,24,25,26,30). The van der Waals surface area contributed by atoms with Gasteiger partial charge in [0.2, 0.25) is 0 Å². The Morgan fingerprint density at radius 3 is 2.30 bits per heavy atom. The molecule has 0 saturated carbocycles. The number of benzene rings is 3. The van der Waals surface area contributed by atoms with E-state index in [2.05, 4.69) is 10.6 Å². The lowest BCUT2D eigenvalue weighted by Crippen LogP contribution is -2.34. The molecule has 0 radical (unpaired) electrons. The smallest absolute Gasteiger partial charge is 0.257 e. The van der Waals surface area contributed by atoms with Crippen molar-refractivity contribution in [3.8, 4) is 17.2 Å². The van der Waals surface area contributed by atoms with E-state index in [9.17, 15) is 4.79 Å². The van der Waals surface area contributed by atoms with Crippen molar-refractivity contribution in [1.29, 1.82) is 0 Å². The highest BCUT2D eigenvalue weighted by molar-refractivity contribution is 7.80. The number of ether oxygens (including phenoxy) is 3. The van der Waals surface area contributed by atoms with E-state index in [1.54, 1.807) is 37.4 Å². The fourth-order valence-corrected chi connectivity index (χ4v) is 2.84. The Labute approximate surface area is 180 Å². The second kappa shape index (κ2) is 10.8. The maximum absolute atomic E-state index is 12.5. The Hall–Kier alpha value is -3.58. The molecule has 154 valence electrons. The molecule has 0 spiro atoms. The molecule has 0 aliphatic heterocycles. The van der Waals surface area contributed by atoms with Crippen LogP contribution in [0, 0.1) is 0 Å². The summed E-state index contributed by atoms with van der Waals surface area (Å²) in [6, 6.07) is 23.7. The zero-order valence-electron chi connectivity index (χ0n) is 16.5. The molecule has 0 saturated heterocycles. The van der Waals surface area contributed by atoms with Gasteiger partial charge in [-0.2, -0.15) is 0 Å². The third-order valence-electron chi connectivity index (χ3n) is 4.04. The van der Waals surface area contributed by atoms with Crippen LogP contribution in [0.1, 0.15) is 10.4 Å². The number of hydrogen-bond acceptors (Lipinski definition) is 5. The Morgan fingerprint density at radius 1 is 0.867 bits per heavy atom. The van der Waals surface area contributed by atoms with E-state index in [0.717, 1.165) is 5.75 Å². The van der Waals surface area contributed by atoms with E-state index < -0.39 is 0 Å². The van der Waals surface area contributed by atoms with E-state index in [4.69, 9.17) is 26.4 Å². The minimum Gasteiger partial charge on any atom is -0.495 e. The Bertz CT molecular complexity index is 995. The van der Waals surface area contributed by atoms with Crippen molar-refractivity contribution in [2.75, 3.05) is 25.6 Å². The van der Waals surface area contributed by atoms with Crippen LogP contribution in [0.5, 0.6) is 17.2 Å². The summed E-state index contributed by atoms with van der Waals surface area (Å²) in [6.07, 6.45) is 0. The topological polar surface area (TPSA) is 68.8 Å². The Morgan fingerprint density at radius 2 is 1.53 bits per heavy atom. The molecule has 1 amide bonds. The Kier molecular flexibility index (Phi) is 7.63. The van der Waals surface area contributed by atoms with Crippen LogP contribution in [0.15, 0.2) is 78.9 Å². The third kappa shape index (κ3) is 6.22. The lowest BCUT2D eigenvalue weighted by Gasteiger charge is -2.13. The molecule has 0 heterocycles. The van der Waals surface area contributed by atoms with Gasteiger partial charge in [-0.25, -0.2) is 0 Å². The summed E-state index contributed by atoms with van der Waals surface area (Å²) in [5.74, 6) is 1.64. The molecule has 0 unspecified atom stereocenters. The van der Waals surface area contributed by atoms with Crippen LogP contribution in [0.4, 0.5) is 5.69 Å². The first kappa shape index (κ1) is 21.1. The number of thiocarbonyl (C=S) groups is 1. The molecule has 3 aromatic rings. The molecule has 0 aliphatic carbocycles. The number of carbonyl (C=O) groups excluding carboxylic acids is 1. The normalized spacial score (nSPS) is 10.0. The minimum atomic E-state index is -0.339. The highest BCUT2D eigenvalue weighted by atomic mass is 32.1. The van der Waals surface area contributed by atoms with Crippen LogP contribution in [0.3, 0.4) is 0 Å². The summed E-state index contributed by atoms with van der Waals surface area (Å²) < 4.78 is 16.5. The van der Waals surface area contributed by atoms with E-state index >= 15 is 0 Å². The average molecular weight is 423 g/mol. The van der Waals surface area contributed by atoms with Crippen LogP contribution in [-0.2, 0) is 0 Å². The quantitative estimate of drug-likeness (QED) is 0.417. The predicted molar refractivity (Wildman–Crippen MR) is 121 cm³/mol. The number of para-hydroxylation sites is 3. The number of hydrogen-bond donors (Lipinski definition) is 2. The number of anilines is 1. The molecule has 0 fully saturated rings. The summed E-state index contributed by atoms with van der Waals surface area (Å²) in [7, 11) is 1.57. The number of rotatable bonds is 8. The highest BCUT2D eigenvalue weighted by Crippen LogP contribution is 2.22. The molecule has 3 rings (SSSR count). The lowest BCUT2D eigenvalue weighted by atomic mass is 10.2. The van der Waals surface area contributed by atoms with Crippen LogP contribution >= 0.6 is 12.2 Å². The maximum Gasteiger partial charge on any atom is 0.257 e. The number of amides is 1. The van der Waals surface area contributed by atoms with Crippen LogP contribution in [0.25, 0.3) is 0 Å². The number of carbonyl (C=O) groups is 1. The fraction of sp³-hybridized carbons (Fsp3) is 0.130. The zero-order valence-corrected chi connectivity index (χ0v) is 17.3. The summed E-state index contributed by atoms with van der Waals surface area (Å²) in [5.41, 5.74) is 1.10. The van der Waals surface area contributed by atoms with Crippen molar-refractivity contribution in [2.45, 2.75) is 0 Å². The Balaban J connectivity index is 1.50. The third-order valence-corrected chi connectivity index (χ3v) is 4.25. The van der Waals surface area contributed by atoms with Gasteiger partial charge in [0.1, 0.15) is 30.5 Å². The lowest BCUT2D eigenvalue weighted by molar-refractivity contribution is 0.0977. The van der Waals surface area contributed by atoms with Crippen molar-refractivity contribution in [3.63, 3.8) is 0 Å². The molecule has 6 nitrogen and oxygen atoms in total. The van der Waals surface area contributed by atoms with Gasteiger partial charge < -0.3 is 19.5 Å². The summed E-state index contributed by atoms with van der Waals surface area (Å²) in [5, 5.41) is 5.79. The zero-order chi connectivity index (χ0) is 21.2. The van der Waals surface area contributed by atoms with Crippen molar-refractivity contribution >= 4 is 28.9 Å². The molecule has 3 aromatic carbocycles. The molecule has 0 aromatic heterocycles. The van der Waals surface area contributed by atoms with Gasteiger partial charge in [0, 0.05) is 5.56 Å². The fourth-order valence-electron chi connectivity index (χ4n) is 2.64. The summed E-state index contributed by atoms with van der Waals surface area (Å²) in [6.45, 7) is 0.751. The first-order valence-electron chi connectivity index (χ1n) is 9.32. The van der Waals surface area contributed by atoms with Crippen LogP contribution in [-0.4, -0.2) is 31.3 Å². The second-order valence-corrected chi connectivity index (χ2v) is 6.55. The first-order chi connectivity index (χ1) is 14.7. The molecule has 0 aliphatic rings. The largest absolute Gasteiger partial charge is 0.495 e. The molecule has 7 heteroatoms. The minimum absolute atomic E-state index is 0.173. The predicted octanol–water partition coefficient (Wildman–Crippen LogP) is 4.28. The van der Waals surface area contributed by atoms with Crippen molar-refractivity contribution in [1.82, 2.24) is 5.32 Å². The van der Waals surface area contributed by atoms with Gasteiger partial charge in [-0.3, -0.25) is 10.1 Å². The van der Waals surface area contributed by atoms with Crippen molar-refractivity contribution < 1.29 is 19.0 Å². The molecule has 30 heavy (non-hydrogen) atoms. The van der Waals surface area contributed by atoms with Gasteiger partial charge in [-0.05, 0) is 54.7 Å². The van der Waals surface area contributed by atoms with Crippen molar-refractivity contribution in [3.05, 3.63) is 84.4 Å². The molecular weight excluding hydrogens is 400 g/mol. The van der Waals surface area contributed by atoms with E-state index in [1.807, 2.05) is 48.5 Å². The van der Waals surface area contributed by atoms with Gasteiger partial charge >= 0.3 is 0 Å².